The summed E-state index contributed by atoms with van der Waals surface area (Å²) in [5.41, 5.74) is 2.41. The van der Waals surface area contributed by atoms with Gasteiger partial charge in [-0.2, -0.15) is 0 Å². The van der Waals surface area contributed by atoms with E-state index < -0.39 is 22.8 Å². The number of ether oxygens (including phenoxy) is 7. The van der Waals surface area contributed by atoms with Gasteiger partial charge in [0.1, 0.15) is 5.75 Å². The standard InChI is InChI=1S/C29H28N2O11/c1-36-19-10-18(31(34)35)20(37-2)9-17(19)30-27-15-8-22-21(41-12-42-22)7-14(15)25(26-16(27)11-40-29(26)33)13-5-23(38-3)28(32)24(6-13)39-4/h5-10,16,25-27,30,32H,11-12H2,1-4H3/t16-,25+,26-,27+/m0/s1. The first-order chi connectivity index (χ1) is 20.3. The number of nitro benzene ring substituents is 1. The quantitative estimate of drug-likeness (QED) is 0.223. The molecule has 0 unspecified atom stereocenters. The van der Waals surface area contributed by atoms with Crippen LogP contribution in [0.5, 0.6) is 40.2 Å². The van der Waals surface area contributed by atoms with Gasteiger partial charge in [0.15, 0.2) is 28.7 Å². The molecule has 0 aromatic heterocycles. The van der Waals surface area contributed by atoms with Crippen molar-refractivity contribution < 1.29 is 48.0 Å². The lowest BCUT2D eigenvalue weighted by Gasteiger charge is -2.40. The van der Waals surface area contributed by atoms with Gasteiger partial charge in [-0.15, -0.1) is 0 Å². The predicted octanol–water partition coefficient (Wildman–Crippen LogP) is 4.15. The molecular weight excluding hydrogens is 552 g/mol. The number of benzene rings is 3. The normalized spacial score (nSPS) is 21.6. The molecule has 2 aliphatic heterocycles. The number of cyclic esters (lactones) is 1. The van der Waals surface area contributed by atoms with Crippen molar-refractivity contribution in [2.75, 3.05) is 47.2 Å². The second-order valence-corrected chi connectivity index (χ2v) is 10.0. The van der Waals surface area contributed by atoms with Gasteiger partial charge >= 0.3 is 11.7 Å². The number of hydrogen-bond acceptors (Lipinski definition) is 12. The summed E-state index contributed by atoms with van der Waals surface area (Å²) in [6.07, 6.45) is 0. The molecule has 1 saturated heterocycles. The summed E-state index contributed by atoms with van der Waals surface area (Å²) in [4.78, 5) is 24.5. The monoisotopic (exact) mass is 580 g/mol. The lowest BCUT2D eigenvalue weighted by Crippen LogP contribution is -2.37. The molecule has 0 spiro atoms. The van der Waals surface area contributed by atoms with E-state index in [0.717, 1.165) is 11.1 Å². The Hall–Kier alpha value is -5.07. The summed E-state index contributed by atoms with van der Waals surface area (Å²) in [7, 11) is 5.63. The van der Waals surface area contributed by atoms with Crippen molar-refractivity contribution in [1.82, 2.24) is 0 Å². The van der Waals surface area contributed by atoms with Crippen LogP contribution in [0.1, 0.15) is 28.7 Å². The Kier molecular flexibility index (Phi) is 6.71. The lowest BCUT2D eigenvalue weighted by atomic mass is 9.65. The van der Waals surface area contributed by atoms with Gasteiger partial charge in [-0.25, -0.2) is 0 Å². The van der Waals surface area contributed by atoms with E-state index in [1.807, 2.05) is 12.1 Å². The van der Waals surface area contributed by atoms with Gasteiger partial charge in [0.25, 0.3) is 0 Å². The Morgan fingerprint density at radius 2 is 1.48 bits per heavy atom. The molecule has 13 heteroatoms. The summed E-state index contributed by atoms with van der Waals surface area (Å²) in [5, 5.41) is 25.7. The molecule has 0 amide bonds. The SMILES string of the molecule is COc1cc([N+](=O)[O-])c(OC)cc1N[C@@H]1c2cc3c(cc2[C@@H](c2cc(OC)c(O)c(OC)c2)[C@H]2C(=O)OC[C@@H]21)OCO3. The fraction of sp³-hybridized carbons (Fsp3) is 0.345. The Labute approximate surface area is 239 Å². The Balaban J connectivity index is 1.54. The fourth-order valence-electron chi connectivity index (χ4n) is 6.15. The molecule has 1 fully saturated rings. The average molecular weight is 581 g/mol. The zero-order valence-corrected chi connectivity index (χ0v) is 23.2. The van der Waals surface area contributed by atoms with Crippen LogP contribution in [-0.4, -0.2) is 57.8 Å². The van der Waals surface area contributed by atoms with E-state index in [-0.39, 0.29) is 59.7 Å². The largest absolute Gasteiger partial charge is 0.502 e. The summed E-state index contributed by atoms with van der Waals surface area (Å²) < 4.78 is 38.7. The Morgan fingerprint density at radius 1 is 0.857 bits per heavy atom. The molecule has 6 rings (SSSR count). The summed E-state index contributed by atoms with van der Waals surface area (Å²) in [6, 6.07) is 9.34. The number of rotatable bonds is 8. The van der Waals surface area contributed by atoms with Crippen molar-refractivity contribution in [3.8, 4) is 40.2 Å². The number of hydrogen-bond donors (Lipinski definition) is 2. The molecule has 0 radical (unpaired) electrons. The van der Waals surface area contributed by atoms with E-state index in [1.165, 1.54) is 40.6 Å². The molecule has 3 aromatic carbocycles. The van der Waals surface area contributed by atoms with Gasteiger partial charge in [-0.1, -0.05) is 0 Å². The molecular formula is C29H28N2O11. The molecule has 2 heterocycles. The maximum absolute atomic E-state index is 13.4. The first-order valence-electron chi connectivity index (χ1n) is 13.0. The van der Waals surface area contributed by atoms with Gasteiger partial charge in [0, 0.05) is 17.9 Å². The third-order valence-electron chi connectivity index (χ3n) is 8.06. The van der Waals surface area contributed by atoms with E-state index in [2.05, 4.69) is 5.32 Å². The van der Waals surface area contributed by atoms with Gasteiger partial charge in [0.05, 0.1) is 63.7 Å². The highest BCUT2D eigenvalue weighted by atomic mass is 16.7. The highest BCUT2D eigenvalue weighted by molar-refractivity contribution is 5.80. The number of methoxy groups -OCH3 is 4. The number of carbonyl (C=O) groups is 1. The zero-order valence-electron chi connectivity index (χ0n) is 23.2. The van der Waals surface area contributed by atoms with Crippen LogP contribution in [0.25, 0.3) is 0 Å². The third kappa shape index (κ3) is 4.19. The minimum atomic E-state index is -0.653. The van der Waals surface area contributed by atoms with E-state index in [0.29, 0.717) is 22.7 Å². The molecule has 0 bridgehead atoms. The van der Waals surface area contributed by atoms with Crippen molar-refractivity contribution in [1.29, 1.82) is 0 Å². The predicted molar refractivity (Wildman–Crippen MR) is 146 cm³/mol. The summed E-state index contributed by atoms with van der Waals surface area (Å²) in [5.74, 6) is -0.393. The van der Waals surface area contributed by atoms with E-state index >= 15 is 0 Å². The van der Waals surface area contributed by atoms with E-state index in [1.54, 1.807) is 12.1 Å². The van der Waals surface area contributed by atoms with Crippen LogP contribution in [-0.2, 0) is 9.53 Å². The van der Waals surface area contributed by atoms with Crippen molar-refractivity contribution in [3.05, 3.63) is 63.2 Å². The number of phenolic OH excluding ortho intramolecular Hbond substituents is 1. The smallest absolute Gasteiger partial charge is 0.314 e. The van der Waals surface area contributed by atoms with Crippen LogP contribution in [0.3, 0.4) is 0 Å². The number of fused-ring (bicyclic) bond motifs is 3. The van der Waals surface area contributed by atoms with Crippen LogP contribution in [0, 0.1) is 22.0 Å². The molecule has 3 aliphatic rings. The fourth-order valence-corrected chi connectivity index (χ4v) is 6.15. The van der Waals surface area contributed by atoms with Crippen LogP contribution in [0.2, 0.25) is 0 Å². The minimum Gasteiger partial charge on any atom is -0.502 e. The first kappa shape index (κ1) is 27.1. The van der Waals surface area contributed by atoms with Crippen molar-refractivity contribution >= 4 is 17.3 Å². The van der Waals surface area contributed by atoms with E-state index in [4.69, 9.17) is 33.2 Å². The highest BCUT2D eigenvalue weighted by Crippen LogP contribution is 2.56. The number of carbonyl (C=O) groups excluding carboxylic acids is 1. The molecule has 13 nitrogen and oxygen atoms in total. The molecule has 2 N–H and O–H groups in total. The highest BCUT2D eigenvalue weighted by Gasteiger charge is 2.53. The van der Waals surface area contributed by atoms with Crippen molar-refractivity contribution in [2.45, 2.75) is 12.0 Å². The van der Waals surface area contributed by atoms with Gasteiger partial charge in [0.2, 0.25) is 12.5 Å². The first-order valence-corrected chi connectivity index (χ1v) is 13.0. The van der Waals surface area contributed by atoms with Crippen molar-refractivity contribution in [3.63, 3.8) is 0 Å². The molecule has 4 atom stereocenters. The number of aromatic hydroxyl groups is 1. The van der Waals surface area contributed by atoms with Gasteiger partial charge in [-0.05, 0) is 41.0 Å². The molecule has 0 saturated carbocycles. The Morgan fingerprint density at radius 3 is 2.07 bits per heavy atom. The van der Waals surface area contributed by atoms with Gasteiger partial charge in [-0.3, -0.25) is 14.9 Å². The van der Waals surface area contributed by atoms with E-state index in [9.17, 15) is 20.0 Å². The second kappa shape index (κ2) is 10.4. The van der Waals surface area contributed by atoms with Crippen LogP contribution < -0.4 is 33.7 Å². The summed E-state index contributed by atoms with van der Waals surface area (Å²) in [6.45, 7) is 0.161. The van der Waals surface area contributed by atoms with Crippen LogP contribution in [0.15, 0.2) is 36.4 Å². The third-order valence-corrected chi connectivity index (χ3v) is 8.06. The number of nitrogens with zero attached hydrogens (tertiary/aromatic N) is 1. The number of esters is 1. The topological polar surface area (TPSA) is 157 Å². The van der Waals surface area contributed by atoms with Crippen molar-refractivity contribution in [2.24, 2.45) is 11.8 Å². The Bertz CT molecular complexity index is 1570. The van der Waals surface area contributed by atoms with Crippen LogP contribution in [0.4, 0.5) is 11.4 Å². The maximum Gasteiger partial charge on any atom is 0.314 e. The maximum atomic E-state index is 13.4. The van der Waals surface area contributed by atoms with Crippen LogP contribution >= 0.6 is 0 Å². The minimum absolute atomic E-state index is 0.0430. The van der Waals surface area contributed by atoms with Gasteiger partial charge < -0.3 is 43.6 Å². The molecule has 42 heavy (non-hydrogen) atoms. The average Bonchev–Trinajstić information content (AvgIpc) is 3.62. The number of nitro groups is 1. The lowest BCUT2D eigenvalue weighted by molar-refractivity contribution is -0.385. The number of phenols is 1. The summed E-state index contributed by atoms with van der Waals surface area (Å²) >= 11 is 0. The molecule has 3 aromatic rings. The second-order valence-electron chi connectivity index (χ2n) is 10.0. The molecule has 1 aliphatic carbocycles. The number of nitrogens with one attached hydrogen (secondary N) is 1. The number of anilines is 1. The zero-order chi connectivity index (χ0) is 29.7. The molecule has 220 valence electrons.